The van der Waals surface area contributed by atoms with Crippen molar-refractivity contribution in [2.24, 2.45) is 0 Å². The summed E-state index contributed by atoms with van der Waals surface area (Å²) >= 11 is 0. The van der Waals surface area contributed by atoms with Crippen molar-refractivity contribution in [1.29, 1.82) is 0 Å². The second-order valence-corrected chi connectivity index (χ2v) is 18.7. The second-order valence-electron chi connectivity index (χ2n) is 13.9. The van der Waals surface area contributed by atoms with Gasteiger partial charge in [-0.15, -0.1) is 5.54 Å². The minimum atomic E-state index is -1.64. The van der Waals surface area contributed by atoms with Gasteiger partial charge >= 0.3 is 13.2 Å². The summed E-state index contributed by atoms with van der Waals surface area (Å²) in [5.74, 6) is 3.53. The molecule has 1 aliphatic carbocycles. The molecule has 5 nitrogen and oxygen atoms in total. The molecule has 1 heterocycles. The maximum atomic E-state index is 13.1. The van der Waals surface area contributed by atoms with E-state index in [1.807, 2.05) is 12.1 Å². The van der Waals surface area contributed by atoms with Gasteiger partial charge in [-0.2, -0.15) is 0 Å². The molecule has 0 spiro atoms. The van der Waals surface area contributed by atoms with Gasteiger partial charge in [-0.3, -0.25) is 0 Å². The van der Waals surface area contributed by atoms with Crippen LogP contribution < -0.4 is 10.8 Å². The van der Waals surface area contributed by atoms with Crippen molar-refractivity contribution in [2.75, 3.05) is 6.61 Å². The molecule has 3 aromatic carbocycles. The van der Waals surface area contributed by atoms with Crippen molar-refractivity contribution in [2.45, 2.75) is 91.8 Å². The van der Waals surface area contributed by atoms with E-state index in [4.69, 9.17) is 14.0 Å². The maximum absolute atomic E-state index is 13.1. The highest BCUT2D eigenvalue weighted by Crippen LogP contribution is 2.44. The number of hydrogen-bond donors (Lipinski definition) is 1. The molecular weight excluding hydrogens is 549 g/mol. The van der Waals surface area contributed by atoms with Gasteiger partial charge in [0.2, 0.25) is 0 Å². The van der Waals surface area contributed by atoms with Crippen LogP contribution in [0.5, 0.6) is 0 Å². The van der Waals surface area contributed by atoms with E-state index in [9.17, 15) is 4.79 Å². The predicted octanol–water partition coefficient (Wildman–Crippen LogP) is 7.18. The second kappa shape index (κ2) is 11.3. The largest absolute Gasteiger partial charge is 0.495 e. The number of fused-ring (bicyclic) bond motifs is 3. The zero-order valence-corrected chi connectivity index (χ0v) is 28.3. The molecule has 43 heavy (non-hydrogen) atoms. The number of hydrogen-bond acceptors (Lipinski definition) is 4. The van der Waals surface area contributed by atoms with Crippen molar-refractivity contribution >= 4 is 26.7 Å². The fourth-order valence-electron chi connectivity index (χ4n) is 6.12. The highest BCUT2D eigenvalue weighted by molar-refractivity contribution is 6.83. The van der Waals surface area contributed by atoms with Crippen LogP contribution in [0.15, 0.2) is 48.5 Å². The Balaban J connectivity index is 1.41. The van der Waals surface area contributed by atoms with Gasteiger partial charge in [0.1, 0.15) is 14.7 Å². The van der Waals surface area contributed by atoms with Gasteiger partial charge in [0.05, 0.1) is 11.2 Å². The molecular formula is C36H44BNO4Si. The minimum absolute atomic E-state index is 0.0133. The molecule has 7 heteroatoms. The van der Waals surface area contributed by atoms with Crippen LogP contribution in [0, 0.1) is 32.2 Å². The lowest BCUT2D eigenvalue weighted by Crippen LogP contribution is -2.41. The van der Waals surface area contributed by atoms with E-state index in [-0.39, 0.29) is 12.5 Å². The Morgan fingerprint density at radius 2 is 1.42 bits per heavy atom. The SMILES string of the molecule is Cc1c(C#C[Si](C)(C)C)c(C)c(B2OC(C)(C)C(C)(C)O2)c(C)c1CNC(=O)OCC1c2ccccc2-c2ccccc21. The summed E-state index contributed by atoms with van der Waals surface area (Å²) in [5, 5.41) is 3.04. The molecule has 5 rings (SSSR count). The Kier molecular flexibility index (Phi) is 8.19. The van der Waals surface area contributed by atoms with Gasteiger partial charge in [0.15, 0.2) is 0 Å². The molecule has 1 amide bonds. The monoisotopic (exact) mass is 593 g/mol. The van der Waals surface area contributed by atoms with Crippen LogP contribution in [0.1, 0.15) is 72.6 Å². The molecule has 0 unspecified atom stereocenters. The van der Waals surface area contributed by atoms with Gasteiger partial charge in [0.25, 0.3) is 0 Å². The van der Waals surface area contributed by atoms with Gasteiger partial charge in [-0.25, -0.2) is 4.79 Å². The minimum Gasteiger partial charge on any atom is -0.449 e. The zero-order valence-electron chi connectivity index (χ0n) is 27.3. The van der Waals surface area contributed by atoms with Crippen LogP contribution in [0.25, 0.3) is 11.1 Å². The summed E-state index contributed by atoms with van der Waals surface area (Å²) < 4.78 is 18.9. The third-order valence-electron chi connectivity index (χ3n) is 9.27. The fourth-order valence-corrected chi connectivity index (χ4v) is 6.62. The normalized spacial score (nSPS) is 16.7. The molecule has 2 aliphatic rings. The van der Waals surface area contributed by atoms with Gasteiger partial charge in [0, 0.05) is 18.0 Å². The molecule has 1 N–H and O–H groups in total. The average Bonchev–Trinajstić information content (AvgIpc) is 3.35. The Hall–Kier alpha value is -3.31. The first-order chi connectivity index (χ1) is 20.1. The van der Waals surface area contributed by atoms with E-state index in [0.717, 1.165) is 33.3 Å². The Morgan fingerprint density at radius 3 is 1.95 bits per heavy atom. The molecule has 0 saturated carbocycles. The van der Waals surface area contributed by atoms with E-state index in [0.29, 0.717) is 6.54 Å². The molecule has 1 saturated heterocycles. The molecule has 224 valence electrons. The summed E-state index contributed by atoms with van der Waals surface area (Å²) in [6, 6.07) is 16.7. The van der Waals surface area contributed by atoms with E-state index in [1.54, 1.807) is 0 Å². The smallest absolute Gasteiger partial charge is 0.449 e. The first-order valence-corrected chi connectivity index (χ1v) is 18.7. The Labute approximate surface area is 258 Å². The summed E-state index contributed by atoms with van der Waals surface area (Å²) in [6.45, 7) is 21.9. The lowest BCUT2D eigenvalue weighted by Gasteiger charge is -2.32. The summed E-state index contributed by atoms with van der Waals surface area (Å²) in [7, 11) is -2.16. The number of benzene rings is 3. The number of ether oxygens (including phenoxy) is 1. The molecule has 1 fully saturated rings. The fraction of sp³-hybridized carbons (Fsp3) is 0.417. The standard InChI is InChI=1S/C36H44BNO4Si/c1-23-26(19-20-43(8,9)10)24(2)33(37-41-35(4,5)36(6,7)42-37)25(3)31(23)21-38-34(39)40-22-32-29-17-13-11-15-27(29)28-16-12-14-18-30(28)32/h11-18,32H,21-22H2,1-10H3,(H,38,39). The number of amides is 1. The molecule has 3 aromatic rings. The highest BCUT2D eigenvalue weighted by atomic mass is 28.3. The van der Waals surface area contributed by atoms with Crippen LogP contribution in [0.2, 0.25) is 19.6 Å². The maximum Gasteiger partial charge on any atom is 0.495 e. The van der Waals surface area contributed by atoms with Crippen LogP contribution in [0.3, 0.4) is 0 Å². The van der Waals surface area contributed by atoms with Gasteiger partial charge < -0.3 is 19.4 Å². The van der Waals surface area contributed by atoms with E-state index < -0.39 is 32.5 Å². The lowest BCUT2D eigenvalue weighted by atomic mass is 9.70. The Morgan fingerprint density at radius 1 is 0.884 bits per heavy atom. The molecule has 0 atom stereocenters. The summed E-state index contributed by atoms with van der Waals surface area (Å²) in [4.78, 5) is 13.1. The third-order valence-corrected chi connectivity index (χ3v) is 10.1. The number of nitrogens with one attached hydrogen (secondary N) is 1. The zero-order chi connectivity index (χ0) is 31.3. The van der Waals surface area contributed by atoms with Crippen LogP contribution in [-0.4, -0.2) is 39.1 Å². The highest BCUT2D eigenvalue weighted by Gasteiger charge is 2.52. The van der Waals surface area contributed by atoms with E-state index >= 15 is 0 Å². The summed E-state index contributed by atoms with van der Waals surface area (Å²) in [6.07, 6.45) is -0.437. The first-order valence-electron chi connectivity index (χ1n) is 15.2. The third kappa shape index (κ3) is 5.93. The van der Waals surface area contributed by atoms with Crippen molar-refractivity contribution in [3.63, 3.8) is 0 Å². The van der Waals surface area contributed by atoms with E-state index in [2.05, 4.69) is 121 Å². The van der Waals surface area contributed by atoms with Gasteiger partial charge in [-0.1, -0.05) is 74.1 Å². The molecule has 0 radical (unpaired) electrons. The number of carbonyl (C=O) groups is 1. The average molecular weight is 594 g/mol. The van der Waals surface area contributed by atoms with Crippen molar-refractivity contribution in [3.8, 4) is 22.6 Å². The summed E-state index contributed by atoms with van der Waals surface area (Å²) in [5.41, 5.74) is 13.6. The number of carbonyl (C=O) groups excluding carboxylic acids is 1. The molecule has 1 aliphatic heterocycles. The van der Waals surface area contributed by atoms with Crippen molar-refractivity contribution in [1.82, 2.24) is 5.32 Å². The lowest BCUT2D eigenvalue weighted by molar-refractivity contribution is 0.00578. The number of alkyl carbamates (subject to hydrolysis) is 1. The molecule has 0 bridgehead atoms. The van der Waals surface area contributed by atoms with Crippen LogP contribution in [0.4, 0.5) is 4.79 Å². The quantitative estimate of drug-likeness (QED) is 0.252. The van der Waals surface area contributed by atoms with Crippen LogP contribution >= 0.6 is 0 Å². The van der Waals surface area contributed by atoms with E-state index in [1.165, 1.54) is 22.3 Å². The van der Waals surface area contributed by atoms with Gasteiger partial charge in [-0.05, 0) is 98.4 Å². The van der Waals surface area contributed by atoms with Crippen LogP contribution in [-0.2, 0) is 20.6 Å². The first kappa shape index (κ1) is 31.1. The molecule has 0 aromatic heterocycles. The number of rotatable bonds is 5. The topological polar surface area (TPSA) is 56.8 Å². The predicted molar refractivity (Wildman–Crippen MR) is 179 cm³/mol. The van der Waals surface area contributed by atoms with Crippen molar-refractivity contribution in [3.05, 3.63) is 87.5 Å². The Bertz CT molecular complexity index is 1580. The van der Waals surface area contributed by atoms with Crippen molar-refractivity contribution < 1.29 is 18.8 Å².